The molecule has 6 atom stereocenters. The predicted octanol–water partition coefficient (Wildman–Crippen LogP) is 7.14. The first-order valence-corrected chi connectivity index (χ1v) is 30.4. The van der Waals surface area contributed by atoms with Crippen LogP contribution >= 0.6 is 0 Å². The fraction of sp³-hybridized carbons (Fsp3) is 0.515. The van der Waals surface area contributed by atoms with Gasteiger partial charge < -0.3 is 58.7 Å². The van der Waals surface area contributed by atoms with E-state index in [1.165, 1.54) is 80.8 Å². The summed E-state index contributed by atoms with van der Waals surface area (Å²) in [4.78, 5) is 134. The van der Waals surface area contributed by atoms with Gasteiger partial charge in [-0.3, -0.25) is 33.6 Å². The van der Waals surface area contributed by atoms with Gasteiger partial charge in [-0.05, 0) is 144 Å². The van der Waals surface area contributed by atoms with Crippen molar-refractivity contribution >= 4 is 63.9 Å². The Morgan fingerprint density at radius 2 is 1.43 bits per heavy atom. The highest BCUT2D eigenvalue weighted by Crippen LogP contribution is 2.33. The van der Waals surface area contributed by atoms with Crippen LogP contribution in [0.15, 0.2) is 97.1 Å². The number of carbonyl (C=O) groups excluding carboxylic acids is 9. The Kier molecular flexibility index (Phi) is 24.9. The molecule has 6 amide bonds. The molecule has 0 saturated carbocycles. The van der Waals surface area contributed by atoms with Crippen LogP contribution in [0.25, 0.3) is 10.8 Å². The number of likely N-dealkylation sites (N-methyl/N-ethyl adjacent to an activating group) is 3. The molecule has 21 nitrogen and oxygen atoms in total. The number of rotatable bonds is 11. The molecule has 1 fully saturated rings. The van der Waals surface area contributed by atoms with E-state index in [1.54, 1.807) is 58.2 Å². The molecule has 2 aliphatic heterocycles. The first-order valence-electron chi connectivity index (χ1n) is 30.4. The molecule has 482 valence electrons. The molecule has 0 aliphatic carbocycles. The largest absolute Gasteiger partial charge is 0.493 e. The SMILES string of the molecule is COc1ccc(CC[C@H]2OC(=O)[C@@H]3CCCCN3C(=O)C(=O)C(C)(C)COC(=O)C=CCCN(C)C(=O)[C@H](CC(C)C)NC(=O)[C@H](COC(C)(C)C)N(C)C(=O)[C@H](Cc3ccc4ccccc4c3)NC(=O)[C@H](C)N(C)C(=O)COc3cccc2c3)cc1OC. The average Bonchev–Trinajstić information content (AvgIpc) is 3.56. The number of ketones is 1. The van der Waals surface area contributed by atoms with Gasteiger partial charge in [0.1, 0.15) is 48.7 Å². The summed E-state index contributed by atoms with van der Waals surface area (Å²) in [5.41, 5.74) is -0.244. The van der Waals surface area contributed by atoms with Gasteiger partial charge in [-0.25, -0.2) is 9.59 Å². The minimum absolute atomic E-state index is 0.0111. The second-order valence-electron chi connectivity index (χ2n) is 25.0. The van der Waals surface area contributed by atoms with Crippen molar-refractivity contribution in [2.75, 3.05) is 68.3 Å². The molecule has 2 bridgehead atoms. The molecule has 21 heteroatoms. The van der Waals surface area contributed by atoms with Gasteiger partial charge in [0.15, 0.2) is 18.1 Å². The monoisotopic (exact) mass is 1230 g/mol. The summed E-state index contributed by atoms with van der Waals surface area (Å²) in [7, 11) is 7.49. The molecule has 0 unspecified atom stereocenters. The van der Waals surface area contributed by atoms with E-state index in [9.17, 15) is 38.4 Å². The quantitative estimate of drug-likeness (QED) is 0.112. The van der Waals surface area contributed by atoms with E-state index in [0.29, 0.717) is 41.9 Å². The van der Waals surface area contributed by atoms with Crippen molar-refractivity contribution in [2.45, 2.75) is 149 Å². The van der Waals surface area contributed by atoms with Gasteiger partial charge in [0, 0.05) is 46.7 Å². The van der Waals surface area contributed by atoms with Crippen LogP contribution in [0, 0.1) is 11.3 Å². The molecule has 0 aromatic heterocycles. The van der Waals surface area contributed by atoms with Crippen molar-refractivity contribution in [1.82, 2.24) is 30.2 Å². The highest BCUT2D eigenvalue weighted by molar-refractivity contribution is 6.38. The maximum absolute atomic E-state index is 15.1. The molecule has 89 heavy (non-hydrogen) atoms. The third-order valence-electron chi connectivity index (χ3n) is 16.0. The molecule has 2 heterocycles. The predicted molar refractivity (Wildman–Crippen MR) is 335 cm³/mol. The number of hydrogen-bond acceptors (Lipinski definition) is 15. The van der Waals surface area contributed by atoms with E-state index < -0.39 is 114 Å². The number of benzene rings is 4. The molecule has 2 N–H and O–H groups in total. The third kappa shape index (κ3) is 19.6. The van der Waals surface area contributed by atoms with Crippen LogP contribution in [0.5, 0.6) is 17.2 Å². The van der Waals surface area contributed by atoms with Gasteiger partial charge in [0.25, 0.3) is 11.8 Å². The van der Waals surface area contributed by atoms with Crippen LogP contribution in [-0.2, 0) is 70.2 Å². The number of esters is 2. The van der Waals surface area contributed by atoms with Crippen LogP contribution in [-0.4, -0.2) is 177 Å². The Hall–Kier alpha value is -8.33. The maximum Gasteiger partial charge on any atom is 0.330 e. The fourth-order valence-corrected chi connectivity index (χ4v) is 10.5. The molecule has 0 radical (unpaired) electrons. The second kappa shape index (κ2) is 31.7. The van der Waals surface area contributed by atoms with Gasteiger partial charge in [-0.1, -0.05) is 80.6 Å². The van der Waals surface area contributed by atoms with Crippen LogP contribution in [0.1, 0.15) is 117 Å². The van der Waals surface area contributed by atoms with Crippen LogP contribution < -0.4 is 24.8 Å². The molecule has 0 spiro atoms. The first-order chi connectivity index (χ1) is 42.1. The number of hydrogen-bond donors (Lipinski definition) is 2. The molecule has 1 saturated heterocycles. The van der Waals surface area contributed by atoms with Crippen molar-refractivity contribution in [1.29, 1.82) is 0 Å². The number of aryl methyl sites for hydroxylation is 1. The van der Waals surface area contributed by atoms with Gasteiger partial charge in [-0.15, -0.1) is 0 Å². The summed E-state index contributed by atoms with van der Waals surface area (Å²) >= 11 is 0. The molecule has 2 aliphatic rings. The van der Waals surface area contributed by atoms with Gasteiger partial charge in [0.2, 0.25) is 29.4 Å². The summed E-state index contributed by atoms with van der Waals surface area (Å²) < 4.78 is 35.1. The Balaban J connectivity index is 1.35. The van der Waals surface area contributed by atoms with Crippen LogP contribution in [0.4, 0.5) is 0 Å². The van der Waals surface area contributed by atoms with Crippen LogP contribution in [0.2, 0.25) is 0 Å². The van der Waals surface area contributed by atoms with Gasteiger partial charge in [0.05, 0.1) is 31.8 Å². The summed E-state index contributed by atoms with van der Waals surface area (Å²) in [6.45, 7) is 12.6. The average molecular weight is 1230 g/mol. The number of fused-ring (bicyclic) bond motifs is 4. The smallest absolute Gasteiger partial charge is 0.330 e. The van der Waals surface area contributed by atoms with E-state index in [1.807, 2.05) is 68.4 Å². The van der Waals surface area contributed by atoms with Crippen molar-refractivity contribution in [3.8, 4) is 17.2 Å². The topological polar surface area (TPSA) is 246 Å². The number of cyclic esters (lactones) is 2. The zero-order valence-corrected chi connectivity index (χ0v) is 53.9. The van der Waals surface area contributed by atoms with E-state index in [4.69, 9.17) is 28.4 Å². The summed E-state index contributed by atoms with van der Waals surface area (Å²) in [5.74, 6) is -5.17. The lowest BCUT2D eigenvalue weighted by atomic mass is 9.87. The maximum atomic E-state index is 15.1. The number of Topliss-reactive ketones (excluding diaryl/α,β-unsaturated/α-hetero) is 1. The number of carbonyl (C=O) groups is 9. The van der Waals surface area contributed by atoms with E-state index in [2.05, 4.69) is 10.6 Å². The Morgan fingerprint density at radius 1 is 0.730 bits per heavy atom. The lowest BCUT2D eigenvalue weighted by Crippen LogP contribution is -2.60. The molecule has 4 aromatic rings. The fourth-order valence-electron chi connectivity index (χ4n) is 10.5. The van der Waals surface area contributed by atoms with Crippen molar-refractivity contribution in [3.05, 3.63) is 114 Å². The number of piperidine rings is 1. The van der Waals surface area contributed by atoms with E-state index in [0.717, 1.165) is 16.3 Å². The molecular weight excluding hydrogens is 1140 g/mol. The number of methoxy groups -OCH3 is 2. The molecular formula is C68H90N6O15. The minimum Gasteiger partial charge on any atom is -0.493 e. The zero-order chi connectivity index (χ0) is 65.3. The standard InChI is InChI=1S/C68H90N6O15/c1-43(2)35-51-63(80)71(9)33-18-17-26-59(76)87-42-68(7,8)60(77)65(82)74-34-19-16-25-53(74)66(83)89-55(31-28-45-29-32-56(84-12)57(38-45)85-13)49-23-20-24-50(39-49)86-41-58(75)72(10)44(3)61(78)69-52(37-46-27-30-47-21-14-15-22-48(47)36-46)64(81)73(11)54(62(79)70-51)40-88-67(4,5)6/h14-15,17,20-24,26-27,29-30,32,36,38-39,43-44,51-55H,16,18-19,25,28,31,33-35,37,40-42H2,1-13H3,(H,69,78)(H,70,79)/t44-,51-,52-,53-,54-,55+/m0/s1. The highest BCUT2D eigenvalue weighted by Gasteiger charge is 2.43. The zero-order valence-electron chi connectivity index (χ0n) is 53.9. The summed E-state index contributed by atoms with van der Waals surface area (Å²) in [6.07, 6.45) is 4.06. The van der Waals surface area contributed by atoms with E-state index >= 15 is 4.79 Å². The highest BCUT2D eigenvalue weighted by atomic mass is 16.5. The lowest BCUT2D eigenvalue weighted by Gasteiger charge is -2.36. The molecule has 6 rings (SSSR count). The Morgan fingerprint density at radius 3 is 2.12 bits per heavy atom. The number of nitrogens with one attached hydrogen (secondary N) is 2. The number of ether oxygens (including phenoxy) is 6. The first kappa shape index (κ1) is 69.8. The normalized spacial score (nSPS) is 22.4. The summed E-state index contributed by atoms with van der Waals surface area (Å²) in [6, 6.07) is 19.6. The van der Waals surface area contributed by atoms with Crippen molar-refractivity contribution in [3.63, 3.8) is 0 Å². The second-order valence-corrected chi connectivity index (χ2v) is 25.0. The third-order valence-corrected chi connectivity index (χ3v) is 16.0. The number of amides is 6. The summed E-state index contributed by atoms with van der Waals surface area (Å²) in [5, 5.41) is 7.66. The van der Waals surface area contributed by atoms with Gasteiger partial charge >= 0.3 is 11.9 Å². The Bertz CT molecular complexity index is 3210. The minimum atomic E-state index is -1.51. The lowest BCUT2D eigenvalue weighted by molar-refractivity contribution is -0.165. The van der Waals surface area contributed by atoms with Gasteiger partial charge in [-0.2, -0.15) is 0 Å². The van der Waals surface area contributed by atoms with Crippen LogP contribution in [0.3, 0.4) is 0 Å². The van der Waals surface area contributed by atoms with Crippen molar-refractivity contribution in [2.24, 2.45) is 11.3 Å². The Labute approximate surface area is 523 Å². The van der Waals surface area contributed by atoms with E-state index in [-0.39, 0.29) is 63.5 Å². The molecule has 4 aromatic carbocycles. The van der Waals surface area contributed by atoms with Crippen molar-refractivity contribution < 1.29 is 71.6 Å². The number of nitrogens with zero attached hydrogens (tertiary/aromatic N) is 4.